The van der Waals surface area contributed by atoms with Crippen LogP contribution in [-0.4, -0.2) is 59.3 Å². The number of piperidine rings is 1. The van der Waals surface area contributed by atoms with E-state index in [2.05, 4.69) is 15.5 Å². The van der Waals surface area contributed by atoms with Crippen molar-refractivity contribution in [1.82, 2.24) is 15.1 Å². The van der Waals surface area contributed by atoms with Crippen LogP contribution in [0.5, 0.6) is 5.75 Å². The van der Waals surface area contributed by atoms with Crippen LogP contribution in [0.4, 0.5) is 19.4 Å². The fourth-order valence-electron chi connectivity index (χ4n) is 3.98. The number of alkyl halides is 2. The predicted octanol–water partition coefficient (Wildman–Crippen LogP) is 4.77. The van der Waals surface area contributed by atoms with Crippen LogP contribution >= 0.6 is 0 Å². The molecule has 33 heavy (non-hydrogen) atoms. The third-order valence-electron chi connectivity index (χ3n) is 5.57. The Balaban J connectivity index is 1.72. The summed E-state index contributed by atoms with van der Waals surface area (Å²) in [6.07, 6.45) is -2.02. The molecule has 0 unspecified atom stereocenters. The molecular formula is C23H24F2N4O4. The van der Waals surface area contributed by atoms with Gasteiger partial charge in [0.1, 0.15) is 11.4 Å². The lowest BCUT2D eigenvalue weighted by Crippen LogP contribution is -2.44. The van der Waals surface area contributed by atoms with Crippen molar-refractivity contribution in [2.45, 2.75) is 25.3 Å². The number of nitrogens with zero attached hydrogens (tertiary/aromatic N) is 3. The first kappa shape index (κ1) is 22.7. The van der Waals surface area contributed by atoms with Gasteiger partial charge in [-0.15, -0.1) is 10.2 Å². The number of hydrogen-bond donors (Lipinski definition) is 2. The molecule has 3 aromatic rings. The van der Waals surface area contributed by atoms with Gasteiger partial charge in [-0.25, -0.2) is 13.6 Å². The lowest BCUT2D eigenvalue weighted by Gasteiger charge is -2.31. The van der Waals surface area contributed by atoms with Crippen LogP contribution in [0.3, 0.4) is 0 Å². The van der Waals surface area contributed by atoms with E-state index in [1.165, 1.54) is 24.1 Å². The fourth-order valence-corrected chi connectivity index (χ4v) is 3.98. The fraction of sp³-hybridized carbons (Fsp3) is 0.348. The minimum atomic E-state index is -2.64. The van der Waals surface area contributed by atoms with E-state index in [-0.39, 0.29) is 24.1 Å². The zero-order valence-electron chi connectivity index (χ0n) is 18.0. The van der Waals surface area contributed by atoms with Crippen molar-refractivity contribution in [3.05, 3.63) is 48.0 Å². The quantitative estimate of drug-likeness (QED) is 0.492. The first-order chi connectivity index (χ1) is 16.0. The predicted molar refractivity (Wildman–Crippen MR) is 119 cm³/mol. The summed E-state index contributed by atoms with van der Waals surface area (Å²) < 4.78 is 37.0. The molecule has 2 heterocycles. The highest BCUT2D eigenvalue weighted by molar-refractivity contribution is 6.01. The molecule has 2 aromatic carbocycles. The van der Waals surface area contributed by atoms with Gasteiger partial charge in [0.25, 0.3) is 6.43 Å². The highest BCUT2D eigenvalue weighted by Gasteiger charge is 2.24. The average Bonchev–Trinajstić information content (AvgIpc) is 2.83. The third-order valence-corrected chi connectivity index (χ3v) is 5.57. The van der Waals surface area contributed by atoms with Crippen LogP contribution in [0.1, 0.15) is 24.8 Å². The smallest absolute Gasteiger partial charge is 0.407 e. The lowest BCUT2D eigenvalue weighted by atomic mass is 10.0. The number of methoxy groups -OCH3 is 1. The van der Waals surface area contributed by atoms with Gasteiger partial charge in [-0.05, 0) is 25.0 Å². The van der Waals surface area contributed by atoms with Gasteiger partial charge in [0.2, 0.25) is 0 Å². The Hall–Kier alpha value is -3.53. The second kappa shape index (κ2) is 9.95. The normalized spacial score (nSPS) is 16.2. The number of amides is 1. The Kier molecular flexibility index (Phi) is 6.83. The highest BCUT2D eigenvalue weighted by atomic mass is 19.3. The van der Waals surface area contributed by atoms with E-state index >= 15 is 0 Å². The topological polar surface area (TPSA) is 96.8 Å². The van der Waals surface area contributed by atoms with E-state index in [1.807, 2.05) is 24.3 Å². The molecule has 8 nitrogen and oxygen atoms in total. The van der Waals surface area contributed by atoms with Gasteiger partial charge >= 0.3 is 6.09 Å². The van der Waals surface area contributed by atoms with Gasteiger partial charge < -0.3 is 24.8 Å². The molecule has 0 spiro atoms. The molecule has 10 heteroatoms. The molecule has 1 amide bonds. The van der Waals surface area contributed by atoms with Crippen molar-refractivity contribution in [2.24, 2.45) is 0 Å². The van der Waals surface area contributed by atoms with E-state index in [0.29, 0.717) is 30.2 Å². The van der Waals surface area contributed by atoms with Gasteiger partial charge in [0, 0.05) is 48.1 Å². The molecular weight excluding hydrogens is 434 g/mol. The molecule has 1 aliphatic heterocycles. The number of aromatic nitrogens is 2. The molecule has 174 valence electrons. The number of carboxylic acid groups (broad SMARTS) is 1. The van der Waals surface area contributed by atoms with Crippen LogP contribution in [0.15, 0.2) is 42.5 Å². The number of rotatable bonds is 7. The summed E-state index contributed by atoms with van der Waals surface area (Å²) in [5, 5.41) is 22.9. The van der Waals surface area contributed by atoms with Crippen LogP contribution in [0.25, 0.3) is 22.0 Å². The maximum atomic E-state index is 13.2. The molecule has 4 rings (SSSR count). The highest BCUT2D eigenvalue weighted by Crippen LogP contribution is 2.37. The van der Waals surface area contributed by atoms with Crippen molar-refractivity contribution in [2.75, 3.05) is 32.3 Å². The van der Waals surface area contributed by atoms with Crippen LogP contribution < -0.4 is 10.1 Å². The van der Waals surface area contributed by atoms with Gasteiger partial charge in [0.05, 0.1) is 0 Å². The molecule has 0 bridgehead atoms. The summed E-state index contributed by atoms with van der Waals surface area (Å²) in [4.78, 5) is 12.7. The van der Waals surface area contributed by atoms with Gasteiger partial charge in [-0.2, -0.15) is 0 Å². The zero-order valence-corrected chi connectivity index (χ0v) is 18.0. The van der Waals surface area contributed by atoms with E-state index in [9.17, 15) is 18.7 Å². The van der Waals surface area contributed by atoms with Crippen LogP contribution in [0, 0.1) is 0 Å². The molecule has 2 N–H and O–H groups in total. The largest absolute Gasteiger partial charge is 0.467 e. The summed E-state index contributed by atoms with van der Waals surface area (Å²) in [7, 11) is 1.45. The zero-order chi connectivity index (χ0) is 23.4. The SMILES string of the molecule is COCOc1cc(C(F)F)ccc1-c1nnc(N[C@@H]2CCCN(C(=O)O)C2)c2ccccc12. The summed E-state index contributed by atoms with van der Waals surface area (Å²) in [6, 6.07) is 11.5. The Bertz CT molecular complexity index is 1140. The molecule has 1 atom stereocenters. The van der Waals surface area contributed by atoms with Crippen molar-refractivity contribution in [3.8, 4) is 17.0 Å². The van der Waals surface area contributed by atoms with Crippen LogP contribution in [-0.2, 0) is 4.74 Å². The van der Waals surface area contributed by atoms with Crippen molar-refractivity contribution in [1.29, 1.82) is 0 Å². The monoisotopic (exact) mass is 458 g/mol. The summed E-state index contributed by atoms with van der Waals surface area (Å²) in [5.41, 5.74) is 0.834. The number of hydrogen-bond acceptors (Lipinski definition) is 6. The number of nitrogens with one attached hydrogen (secondary N) is 1. The molecule has 0 aliphatic carbocycles. The number of halogens is 2. The molecule has 1 fully saturated rings. The van der Waals surface area contributed by atoms with Crippen molar-refractivity contribution < 1.29 is 28.2 Å². The standard InChI is InChI=1S/C23H24F2N4O4/c1-32-13-33-19-11-14(21(24)25)8-9-18(19)20-16-6-2-3-7-17(16)22(28-27-20)26-15-5-4-10-29(12-15)23(30)31/h2-3,6-9,11,15,21H,4-5,10,12-13H2,1H3,(H,26,28)(H,30,31)/t15-/m1/s1. The third kappa shape index (κ3) is 4.95. The van der Waals surface area contributed by atoms with Gasteiger partial charge in [0.15, 0.2) is 12.6 Å². The lowest BCUT2D eigenvalue weighted by molar-refractivity contribution is 0.0511. The number of benzene rings is 2. The number of fused-ring (bicyclic) bond motifs is 1. The van der Waals surface area contributed by atoms with Gasteiger partial charge in [-0.1, -0.05) is 30.3 Å². The Morgan fingerprint density at radius 3 is 2.76 bits per heavy atom. The minimum Gasteiger partial charge on any atom is -0.467 e. The average molecular weight is 458 g/mol. The minimum absolute atomic E-state index is 0.0932. The Morgan fingerprint density at radius 1 is 1.24 bits per heavy atom. The van der Waals surface area contributed by atoms with Gasteiger partial charge in [-0.3, -0.25) is 0 Å². The number of likely N-dealkylation sites (tertiary alicyclic amines) is 1. The Morgan fingerprint density at radius 2 is 2.03 bits per heavy atom. The molecule has 0 saturated carbocycles. The van der Waals surface area contributed by atoms with Crippen molar-refractivity contribution >= 4 is 22.7 Å². The Labute approximate surface area is 189 Å². The first-order valence-corrected chi connectivity index (χ1v) is 10.5. The summed E-state index contributed by atoms with van der Waals surface area (Å²) in [6.45, 7) is 0.765. The van der Waals surface area contributed by atoms with E-state index < -0.39 is 12.5 Å². The molecule has 0 radical (unpaired) electrons. The van der Waals surface area contributed by atoms with Crippen molar-refractivity contribution in [3.63, 3.8) is 0 Å². The second-order valence-electron chi connectivity index (χ2n) is 7.76. The molecule has 1 aromatic heterocycles. The summed E-state index contributed by atoms with van der Waals surface area (Å²) in [5.74, 6) is 0.759. The maximum Gasteiger partial charge on any atom is 0.407 e. The van der Waals surface area contributed by atoms with E-state index in [1.54, 1.807) is 6.07 Å². The number of ether oxygens (including phenoxy) is 2. The number of carbonyl (C=O) groups is 1. The van der Waals surface area contributed by atoms with Crippen LogP contribution in [0.2, 0.25) is 0 Å². The molecule has 1 saturated heterocycles. The second-order valence-corrected chi connectivity index (χ2v) is 7.76. The van der Waals surface area contributed by atoms with E-state index in [4.69, 9.17) is 9.47 Å². The summed E-state index contributed by atoms with van der Waals surface area (Å²) >= 11 is 0. The molecule has 1 aliphatic rings. The first-order valence-electron chi connectivity index (χ1n) is 10.5. The maximum absolute atomic E-state index is 13.2. The number of anilines is 1. The van der Waals surface area contributed by atoms with E-state index in [0.717, 1.165) is 23.6 Å².